The minimum absolute atomic E-state index is 0. The van der Waals surface area contributed by atoms with E-state index < -0.39 is 0 Å². The fourth-order valence-corrected chi connectivity index (χ4v) is 1.61. The summed E-state index contributed by atoms with van der Waals surface area (Å²) in [5, 5.41) is 0. The van der Waals surface area contributed by atoms with Crippen LogP contribution in [-0.4, -0.2) is 12.3 Å². The third kappa shape index (κ3) is 11.5. The molecule has 56 valence electrons. The van der Waals surface area contributed by atoms with Gasteiger partial charge >= 0.3 is 18.9 Å². The quantitative estimate of drug-likeness (QED) is 0.220. The van der Waals surface area contributed by atoms with E-state index in [4.69, 9.17) is 0 Å². The topological polar surface area (TPSA) is 0 Å². The van der Waals surface area contributed by atoms with Crippen LogP contribution in [0.5, 0.6) is 0 Å². The SMILES string of the molecule is C=CCPCCCCC.[H-].[Li+]. The van der Waals surface area contributed by atoms with Crippen molar-refractivity contribution < 1.29 is 20.3 Å². The predicted molar refractivity (Wildman–Crippen MR) is 48.9 cm³/mol. The molecule has 2 heteroatoms. The number of rotatable bonds is 6. The van der Waals surface area contributed by atoms with E-state index in [2.05, 4.69) is 13.5 Å². The predicted octanol–water partition coefficient (Wildman–Crippen LogP) is 0.158. The maximum Gasteiger partial charge on any atom is 1.00 e. The van der Waals surface area contributed by atoms with Crippen molar-refractivity contribution in [1.82, 2.24) is 0 Å². The third-order valence-corrected chi connectivity index (χ3v) is 2.53. The molecule has 0 aromatic heterocycles. The second-order valence-electron chi connectivity index (χ2n) is 2.20. The summed E-state index contributed by atoms with van der Waals surface area (Å²) in [6, 6.07) is 0. The Balaban J connectivity index is -0.000000320. The van der Waals surface area contributed by atoms with Gasteiger partial charge in [-0.1, -0.05) is 25.8 Å². The Morgan fingerprint density at radius 1 is 1.50 bits per heavy atom. The average Bonchev–Trinajstić information content (AvgIpc) is 1.89. The second-order valence-corrected chi connectivity index (χ2v) is 3.61. The molecule has 10 heavy (non-hydrogen) atoms. The van der Waals surface area contributed by atoms with Gasteiger partial charge in [-0.3, -0.25) is 0 Å². The van der Waals surface area contributed by atoms with E-state index in [9.17, 15) is 0 Å². The molecule has 0 radical (unpaired) electrons. The summed E-state index contributed by atoms with van der Waals surface area (Å²) in [4.78, 5) is 0. The monoisotopic (exact) mass is 152 g/mol. The number of hydrogen-bond donors (Lipinski definition) is 0. The third-order valence-electron chi connectivity index (χ3n) is 1.25. The van der Waals surface area contributed by atoms with E-state index in [1.807, 2.05) is 6.08 Å². The minimum atomic E-state index is 0. The maximum atomic E-state index is 3.69. The smallest absolute Gasteiger partial charge is 1.00 e. The summed E-state index contributed by atoms with van der Waals surface area (Å²) >= 11 is 0. The molecule has 0 rings (SSSR count). The zero-order valence-corrected chi connectivity index (χ0v) is 8.32. The average molecular weight is 152 g/mol. The zero-order chi connectivity index (χ0) is 6.95. The first-order chi connectivity index (χ1) is 4.41. The number of unbranched alkanes of at least 4 members (excludes halogenated alkanes) is 2. The van der Waals surface area contributed by atoms with Crippen molar-refractivity contribution in [2.45, 2.75) is 26.2 Å². The van der Waals surface area contributed by atoms with Gasteiger partial charge in [-0.25, -0.2) is 0 Å². The Morgan fingerprint density at radius 3 is 2.70 bits per heavy atom. The van der Waals surface area contributed by atoms with Crippen LogP contribution >= 0.6 is 8.58 Å². The molecule has 1 unspecified atom stereocenters. The van der Waals surface area contributed by atoms with Crippen LogP contribution in [0, 0.1) is 0 Å². The van der Waals surface area contributed by atoms with E-state index in [0.29, 0.717) is 0 Å². The Kier molecular flexibility index (Phi) is 16.6. The summed E-state index contributed by atoms with van der Waals surface area (Å²) in [5.41, 5.74) is 0. The van der Waals surface area contributed by atoms with Gasteiger partial charge in [-0.05, 0) is 18.7 Å². The molecule has 0 aliphatic rings. The molecule has 0 nitrogen and oxygen atoms in total. The van der Waals surface area contributed by atoms with Gasteiger partial charge in [0.2, 0.25) is 0 Å². The summed E-state index contributed by atoms with van der Waals surface area (Å²) in [6.45, 7) is 5.93. The van der Waals surface area contributed by atoms with E-state index in [1.165, 1.54) is 31.6 Å². The van der Waals surface area contributed by atoms with Gasteiger partial charge < -0.3 is 1.43 Å². The van der Waals surface area contributed by atoms with Crippen LogP contribution < -0.4 is 18.9 Å². The Morgan fingerprint density at radius 2 is 2.20 bits per heavy atom. The fraction of sp³-hybridized carbons (Fsp3) is 0.750. The van der Waals surface area contributed by atoms with Gasteiger partial charge in [0, 0.05) is 0 Å². The van der Waals surface area contributed by atoms with E-state index in [1.54, 1.807) is 0 Å². The molecule has 0 heterocycles. The second kappa shape index (κ2) is 12.4. The summed E-state index contributed by atoms with van der Waals surface area (Å²) in [5.74, 6) is 0. The molecular weight excluding hydrogens is 134 g/mol. The molecular formula is C8H18LiP. The molecule has 0 amide bonds. The van der Waals surface area contributed by atoms with Gasteiger partial charge in [0.1, 0.15) is 0 Å². The van der Waals surface area contributed by atoms with Crippen LogP contribution in [0.2, 0.25) is 0 Å². The van der Waals surface area contributed by atoms with E-state index in [0.717, 1.165) is 8.58 Å². The maximum absolute atomic E-state index is 3.69. The zero-order valence-electron chi connectivity index (χ0n) is 8.32. The van der Waals surface area contributed by atoms with Gasteiger partial charge in [-0.15, -0.1) is 15.2 Å². The van der Waals surface area contributed by atoms with Gasteiger partial charge in [0.05, 0.1) is 0 Å². The normalized spacial score (nSPS) is 9.70. The van der Waals surface area contributed by atoms with Crippen LogP contribution in [0.25, 0.3) is 0 Å². The van der Waals surface area contributed by atoms with Crippen molar-refractivity contribution in [3.8, 4) is 0 Å². The molecule has 0 fully saturated rings. The van der Waals surface area contributed by atoms with Crippen LogP contribution in [0.15, 0.2) is 12.7 Å². The first-order valence-electron chi connectivity index (χ1n) is 3.73. The fourth-order valence-electron chi connectivity index (χ4n) is 0.704. The van der Waals surface area contributed by atoms with Crippen LogP contribution in [0.1, 0.15) is 27.6 Å². The molecule has 0 aliphatic heterocycles. The van der Waals surface area contributed by atoms with Crippen molar-refractivity contribution >= 4 is 8.58 Å². The van der Waals surface area contributed by atoms with Crippen LogP contribution in [-0.2, 0) is 0 Å². The summed E-state index contributed by atoms with van der Waals surface area (Å²) in [7, 11) is 1.12. The van der Waals surface area contributed by atoms with Crippen molar-refractivity contribution in [3.05, 3.63) is 12.7 Å². The van der Waals surface area contributed by atoms with Crippen molar-refractivity contribution in [3.63, 3.8) is 0 Å². The minimum Gasteiger partial charge on any atom is -1.00 e. The molecule has 0 bridgehead atoms. The van der Waals surface area contributed by atoms with E-state index >= 15 is 0 Å². The van der Waals surface area contributed by atoms with Crippen molar-refractivity contribution in [1.29, 1.82) is 0 Å². The first kappa shape index (κ1) is 13.4. The van der Waals surface area contributed by atoms with Crippen molar-refractivity contribution in [2.75, 3.05) is 12.3 Å². The van der Waals surface area contributed by atoms with Crippen molar-refractivity contribution in [2.24, 2.45) is 0 Å². The summed E-state index contributed by atoms with van der Waals surface area (Å²) < 4.78 is 0. The van der Waals surface area contributed by atoms with Crippen LogP contribution in [0.3, 0.4) is 0 Å². The largest absolute Gasteiger partial charge is 1.00 e. The molecule has 0 spiro atoms. The Hall–Kier alpha value is 0.767. The molecule has 0 aliphatic carbocycles. The summed E-state index contributed by atoms with van der Waals surface area (Å²) in [6.07, 6.45) is 8.83. The molecule has 0 aromatic rings. The molecule has 0 N–H and O–H groups in total. The number of hydrogen-bond acceptors (Lipinski definition) is 0. The molecule has 0 saturated carbocycles. The molecule has 0 saturated heterocycles. The number of allylic oxidation sites excluding steroid dienone is 1. The molecule has 1 atom stereocenters. The van der Waals surface area contributed by atoms with Gasteiger partial charge in [0.25, 0.3) is 0 Å². The molecule has 0 aromatic carbocycles. The first-order valence-corrected chi connectivity index (χ1v) is 5.14. The Labute approximate surface area is 80.3 Å². The van der Waals surface area contributed by atoms with Crippen LogP contribution in [0.4, 0.5) is 0 Å². The van der Waals surface area contributed by atoms with E-state index in [-0.39, 0.29) is 20.3 Å². The Bertz CT molecular complexity index is 69.1. The standard InChI is InChI=1S/C8H17P.Li.H/c1-3-5-6-8-9-7-4-2;;/h4,9H,2-3,5-8H2,1H3;;/q;+1;-1. The van der Waals surface area contributed by atoms with Gasteiger partial charge in [-0.2, -0.15) is 0 Å². The van der Waals surface area contributed by atoms with Gasteiger partial charge in [0.15, 0.2) is 0 Å².